The molecule has 0 saturated carbocycles. The van der Waals surface area contributed by atoms with Crippen LogP contribution in [0.25, 0.3) is 0 Å². The molecule has 0 spiro atoms. The predicted molar refractivity (Wildman–Crippen MR) is 72.3 cm³/mol. The van der Waals surface area contributed by atoms with Crippen LogP contribution < -0.4 is 5.32 Å². The Morgan fingerprint density at radius 3 is 2.60 bits per heavy atom. The quantitative estimate of drug-likeness (QED) is 0.875. The van der Waals surface area contributed by atoms with Crippen LogP contribution in [0.15, 0.2) is 18.2 Å². The van der Waals surface area contributed by atoms with Gasteiger partial charge in [-0.25, -0.2) is 14.0 Å². The molecular formula is C14H17FN2O3. The maximum Gasteiger partial charge on any atom is 0.335 e. The van der Waals surface area contributed by atoms with Crippen molar-refractivity contribution in [3.8, 4) is 0 Å². The van der Waals surface area contributed by atoms with Gasteiger partial charge in [0.25, 0.3) is 0 Å². The second-order valence-electron chi connectivity index (χ2n) is 5.10. The molecule has 5 nitrogen and oxygen atoms in total. The van der Waals surface area contributed by atoms with E-state index < -0.39 is 17.8 Å². The van der Waals surface area contributed by atoms with Crippen molar-refractivity contribution in [3.63, 3.8) is 0 Å². The van der Waals surface area contributed by atoms with Gasteiger partial charge in [0.2, 0.25) is 0 Å². The zero-order chi connectivity index (χ0) is 14.7. The summed E-state index contributed by atoms with van der Waals surface area (Å²) in [7, 11) is 0. The second-order valence-corrected chi connectivity index (χ2v) is 5.10. The largest absolute Gasteiger partial charge is 0.478 e. The van der Waals surface area contributed by atoms with Crippen molar-refractivity contribution >= 4 is 17.7 Å². The predicted octanol–water partition coefficient (Wildman–Crippen LogP) is 2.79. The number of carboxylic acids is 1. The van der Waals surface area contributed by atoms with E-state index in [0.717, 1.165) is 31.0 Å². The number of halogens is 1. The molecule has 108 valence electrons. The Morgan fingerprint density at radius 2 is 2.00 bits per heavy atom. The van der Waals surface area contributed by atoms with Gasteiger partial charge in [-0.2, -0.15) is 0 Å². The number of rotatable bonds is 2. The Bertz CT molecular complexity index is 525. The highest BCUT2D eigenvalue weighted by atomic mass is 19.1. The van der Waals surface area contributed by atoms with Gasteiger partial charge in [-0.05, 0) is 37.0 Å². The molecule has 1 aliphatic heterocycles. The average Bonchev–Trinajstić information content (AvgIpc) is 2.41. The van der Waals surface area contributed by atoms with E-state index in [4.69, 9.17) is 5.11 Å². The summed E-state index contributed by atoms with van der Waals surface area (Å²) >= 11 is 0. The van der Waals surface area contributed by atoms with Gasteiger partial charge >= 0.3 is 12.0 Å². The van der Waals surface area contributed by atoms with Gasteiger partial charge < -0.3 is 15.3 Å². The molecule has 0 bridgehead atoms. The third-order valence-electron chi connectivity index (χ3n) is 3.53. The molecule has 0 unspecified atom stereocenters. The van der Waals surface area contributed by atoms with Crippen LogP contribution in [-0.4, -0.2) is 35.1 Å². The lowest BCUT2D eigenvalue weighted by molar-refractivity contribution is 0.0697. The van der Waals surface area contributed by atoms with Gasteiger partial charge in [0.15, 0.2) is 0 Å². The van der Waals surface area contributed by atoms with Gasteiger partial charge in [0.1, 0.15) is 5.82 Å². The summed E-state index contributed by atoms with van der Waals surface area (Å²) in [4.78, 5) is 24.5. The Labute approximate surface area is 116 Å². The zero-order valence-corrected chi connectivity index (χ0v) is 11.2. The smallest absolute Gasteiger partial charge is 0.335 e. The van der Waals surface area contributed by atoms with Crippen molar-refractivity contribution in [3.05, 3.63) is 29.6 Å². The minimum absolute atomic E-state index is 0.0611. The summed E-state index contributed by atoms with van der Waals surface area (Å²) in [6.07, 6.45) is 1.84. The van der Waals surface area contributed by atoms with E-state index in [1.54, 1.807) is 4.90 Å². The molecule has 1 aromatic carbocycles. The van der Waals surface area contributed by atoms with Crippen LogP contribution in [0.1, 0.15) is 30.1 Å². The summed E-state index contributed by atoms with van der Waals surface area (Å²) in [5, 5.41) is 11.3. The van der Waals surface area contributed by atoms with Crippen LogP contribution >= 0.6 is 0 Å². The Morgan fingerprint density at radius 1 is 1.35 bits per heavy atom. The lowest BCUT2D eigenvalue weighted by atomic mass is 10.00. The Balaban J connectivity index is 2.07. The molecule has 2 rings (SSSR count). The van der Waals surface area contributed by atoms with Gasteiger partial charge in [-0.15, -0.1) is 0 Å². The number of carbonyl (C=O) groups excluding carboxylic acids is 1. The zero-order valence-electron chi connectivity index (χ0n) is 11.2. The number of anilines is 1. The highest BCUT2D eigenvalue weighted by Gasteiger charge is 2.21. The van der Waals surface area contributed by atoms with E-state index in [2.05, 4.69) is 12.2 Å². The first-order valence-corrected chi connectivity index (χ1v) is 6.56. The molecule has 1 aromatic rings. The number of likely N-dealkylation sites (tertiary alicyclic amines) is 1. The number of nitrogens with zero attached hydrogens (tertiary/aromatic N) is 1. The third-order valence-corrected chi connectivity index (χ3v) is 3.53. The van der Waals surface area contributed by atoms with Crippen molar-refractivity contribution in [2.75, 3.05) is 18.4 Å². The maximum atomic E-state index is 13.6. The number of benzene rings is 1. The molecule has 0 aliphatic carbocycles. The fourth-order valence-electron chi connectivity index (χ4n) is 2.16. The average molecular weight is 280 g/mol. The number of hydrogen-bond donors (Lipinski definition) is 2. The number of carboxylic acid groups (broad SMARTS) is 1. The van der Waals surface area contributed by atoms with Crippen molar-refractivity contribution in [1.29, 1.82) is 0 Å². The first-order chi connectivity index (χ1) is 9.47. The van der Waals surface area contributed by atoms with Crippen molar-refractivity contribution in [2.24, 2.45) is 5.92 Å². The molecule has 2 amide bonds. The molecule has 1 heterocycles. The molecule has 1 aliphatic rings. The van der Waals surface area contributed by atoms with E-state index in [-0.39, 0.29) is 11.3 Å². The normalized spacial score (nSPS) is 16.0. The standard InChI is InChI=1S/C14H17FN2O3/c1-9-4-6-17(7-5-9)14(20)16-12-8-10(13(18)19)2-3-11(12)15/h2-3,8-9H,4-7H2,1H3,(H,16,20)(H,18,19). The number of nitrogens with one attached hydrogen (secondary N) is 1. The van der Waals surface area contributed by atoms with Crippen LogP contribution in [0.4, 0.5) is 14.9 Å². The van der Waals surface area contributed by atoms with Crippen LogP contribution in [-0.2, 0) is 0 Å². The summed E-state index contributed by atoms with van der Waals surface area (Å²) in [6.45, 7) is 3.39. The lowest BCUT2D eigenvalue weighted by Gasteiger charge is -2.30. The SMILES string of the molecule is CC1CCN(C(=O)Nc2cc(C(=O)O)ccc2F)CC1. The van der Waals surface area contributed by atoms with Gasteiger partial charge in [-0.1, -0.05) is 6.92 Å². The van der Waals surface area contributed by atoms with Crippen LogP contribution in [0.5, 0.6) is 0 Å². The third kappa shape index (κ3) is 3.26. The molecule has 2 N–H and O–H groups in total. The van der Waals surface area contributed by atoms with Crippen molar-refractivity contribution in [2.45, 2.75) is 19.8 Å². The number of aromatic carboxylic acids is 1. The van der Waals surface area contributed by atoms with Crippen LogP contribution in [0.2, 0.25) is 0 Å². The topological polar surface area (TPSA) is 69.6 Å². The molecule has 0 aromatic heterocycles. The molecule has 1 fully saturated rings. The summed E-state index contributed by atoms with van der Waals surface area (Å²) < 4.78 is 13.6. The first kappa shape index (κ1) is 14.3. The highest BCUT2D eigenvalue weighted by molar-refractivity contribution is 5.93. The van der Waals surface area contributed by atoms with Crippen LogP contribution in [0.3, 0.4) is 0 Å². The Kier molecular flexibility index (Phi) is 4.22. The molecule has 0 radical (unpaired) electrons. The summed E-state index contributed by atoms with van der Waals surface area (Å²) in [5.74, 6) is -1.22. The van der Waals surface area contributed by atoms with Crippen molar-refractivity contribution in [1.82, 2.24) is 4.90 Å². The van der Waals surface area contributed by atoms with Gasteiger partial charge in [0.05, 0.1) is 11.3 Å². The number of urea groups is 1. The molecule has 0 atom stereocenters. The monoisotopic (exact) mass is 280 g/mol. The summed E-state index contributed by atoms with van der Waals surface area (Å²) in [5.41, 5.74) is -0.164. The number of amides is 2. The number of piperidine rings is 1. The molecule has 6 heteroatoms. The van der Waals surface area contributed by atoms with Crippen LogP contribution in [0, 0.1) is 11.7 Å². The van der Waals surface area contributed by atoms with E-state index in [9.17, 15) is 14.0 Å². The van der Waals surface area contributed by atoms with E-state index >= 15 is 0 Å². The minimum Gasteiger partial charge on any atom is -0.478 e. The highest BCUT2D eigenvalue weighted by Crippen LogP contribution is 2.20. The second kappa shape index (κ2) is 5.90. The lowest BCUT2D eigenvalue weighted by Crippen LogP contribution is -2.40. The van der Waals surface area contributed by atoms with Gasteiger partial charge in [-0.3, -0.25) is 0 Å². The van der Waals surface area contributed by atoms with Crippen molar-refractivity contribution < 1.29 is 19.1 Å². The molecular weight excluding hydrogens is 263 g/mol. The van der Waals surface area contributed by atoms with E-state index in [1.165, 1.54) is 0 Å². The summed E-state index contributed by atoms with van der Waals surface area (Å²) in [6, 6.07) is 2.94. The molecule has 20 heavy (non-hydrogen) atoms. The molecule has 1 saturated heterocycles. The van der Waals surface area contributed by atoms with E-state index in [0.29, 0.717) is 19.0 Å². The number of carbonyl (C=O) groups is 2. The Hall–Kier alpha value is -2.11. The minimum atomic E-state index is -1.16. The first-order valence-electron chi connectivity index (χ1n) is 6.56. The maximum absolute atomic E-state index is 13.6. The van der Waals surface area contributed by atoms with E-state index in [1.807, 2.05) is 0 Å². The fraction of sp³-hybridized carbons (Fsp3) is 0.429. The number of hydrogen-bond acceptors (Lipinski definition) is 2. The fourth-order valence-corrected chi connectivity index (χ4v) is 2.16. The van der Waals surface area contributed by atoms with Gasteiger partial charge in [0, 0.05) is 13.1 Å².